The molecular formula is C19H22N4O5. The van der Waals surface area contributed by atoms with E-state index >= 15 is 0 Å². The SMILES string of the molecule is CO[C@H]1CN(c2cc(C(=O)O)ncn2)CC[C@H]1NC(=O)OCc1ccccc1. The summed E-state index contributed by atoms with van der Waals surface area (Å²) in [6.45, 7) is 1.23. The van der Waals surface area contributed by atoms with Crippen LogP contribution >= 0.6 is 0 Å². The number of alkyl carbamates (subject to hydrolysis) is 1. The van der Waals surface area contributed by atoms with Crippen molar-refractivity contribution in [3.8, 4) is 0 Å². The number of carbonyl (C=O) groups excluding carboxylic acids is 1. The normalized spacial score (nSPS) is 19.1. The number of hydrogen-bond acceptors (Lipinski definition) is 7. The van der Waals surface area contributed by atoms with Gasteiger partial charge in [-0.25, -0.2) is 19.6 Å². The van der Waals surface area contributed by atoms with Crippen molar-refractivity contribution in [1.82, 2.24) is 15.3 Å². The molecule has 0 saturated carbocycles. The third-order valence-electron chi connectivity index (χ3n) is 4.57. The first-order valence-electron chi connectivity index (χ1n) is 8.87. The highest BCUT2D eigenvalue weighted by atomic mass is 16.5. The van der Waals surface area contributed by atoms with Crippen LogP contribution in [-0.2, 0) is 16.1 Å². The number of carbonyl (C=O) groups is 2. The lowest BCUT2D eigenvalue weighted by Crippen LogP contribution is -2.55. The number of nitrogens with zero attached hydrogens (tertiary/aromatic N) is 3. The molecule has 2 atom stereocenters. The summed E-state index contributed by atoms with van der Waals surface area (Å²) in [4.78, 5) is 33.0. The Kier molecular flexibility index (Phi) is 6.38. The molecule has 0 aliphatic carbocycles. The second-order valence-electron chi connectivity index (χ2n) is 6.39. The van der Waals surface area contributed by atoms with E-state index < -0.39 is 12.1 Å². The van der Waals surface area contributed by atoms with Gasteiger partial charge in [0.05, 0.1) is 12.1 Å². The number of carboxylic acids is 1. The standard InChI is InChI=1S/C19H22N4O5/c1-27-16-10-23(17-9-15(18(24)25)20-12-21-17)8-7-14(16)22-19(26)28-11-13-5-3-2-4-6-13/h2-6,9,12,14,16H,7-8,10-11H2,1H3,(H,22,26)(H,24,25)/t14-,16+/m1/s1. The van der Waals surface area contributed by atoms with E-state index in [1.165, 1.54) is 12.4 Å². The van der Waals surface area contributed by atoms with Crippen LogP contribution in [0.3, 0.4) is 0 Å². The van der Waals surface area contributed by atoms with Crippen LogP contribution in [0.2, 0.25) is 0 Å². The van der Waals surface area contributed by atoms with Crippen LogP contribution in [0.25, 0.3) is 0 Å². The Hall–Kier alpha value is -3.20. The molecule has 9 nitrogen and oxygen atoms in total. The van der Waals surface area contributed by atoms with E-state index in [9.17, 15) is 9.59 Å². The number of rotatable bonds is 6. The molecule has 0 spiro atoms. The van der Waals surface area contributed by atoms with E-state index in [1.54, 1.807) is 7.11 Å². The molecule has 1 aliphatic heterocycles. The number of benzene rings is 1. The molecule has 0 bridgehead atoms. The van der Waals surface area contributed by atoms with Crippen LogP contribution in [0.4, 0.5) is 10.6 Å². The second kappa shape index (κ2) is 9.14. The summed E-state index contributed by atoms with van der Waals surface area (Å²) in [7, 11) is 1.57. The van der Waals surface area contributed by atoms with Crippen molar-refractivity contribution in [2.24, 2.45) is 0 Å². The molecule has 148 valence electrons. The molecule has 9 heteroatoms. The predicted molar refractivity (Wildman–Crippen MR) is 100 cm³/mol. The number of methoxy groups -OCH3 is 1. The first kappa shape index (κ1) is 19.6. The highest BCUT2D eigenvalue weighted by molar-refractivity contribution is 5.86. The minimum atomic E-state index is -1.11. The fraction of sp³-hybridized carbons (Fsp3) is 0.368. The highest BCUT2D eigenvalue weighted by Crippen LogP contribution is 2.20. The van der Waals surface area contributed by atoms with Crippen LogP contribution in [-0.4, -0.2) is 59.5 Å². The average Bonchev–Trinajstić information content (AvgIpc) is 2.73. The zero-order valence-corrected chi connectivity index (χ0v) is 15.4. The number of piperidine rings is 1. The molecule has 28 heavy (non-hydrogen) atoms. The van der Waals surface area contributed by atoms with Gasteiger partial charge in [-0.1, -0.05) is 30.3 Å². The van der Waals surface area contributed by atoms with Crippen LogP contribution in [0.1, 0.15) is 22.5 Å². The molecule has 1 saturated heterocycles. The average molecular weight is 386 g/mol. The minimum absolute atomic E-state index is 0.0660. The van der Waals surface area contributed by atoms with E-state index in [0.29, 0.717) is 25.3 Å². The minimum Gasteiger partial charge on any atom is -0.477 e. The summed E-state index contributed by atoms with van der Waals surface area (Å²) in [6.07, 6.45) is 1.04. The number of amides is 1. The zero-order chi connectivity index (χ0) is 19.9. The van der Waals surface area contributed by atoms with Crippen LogP contribution in [0.15, 0.2) is 42.7 Å². The number of carboxylic acid groups (broad SMARTS) is 1. The van der Waals surface area contributed by atoms with Crippen molar-refractivity contribution in [3.63, 3.8) is 0 Å². The van der Waals surface area contributed by atoms with Gasteiger partial charge in [0.25, 0.3) is 0 Å². The Morgan fingerprint density at radius 1 is 1.29 bits per heavy atom. The molecule has 2 heterocycles. The summed E-state index contributed by atoms with van der Waals surface area (Å²) in [5, 5.41) is 11.9. The van der Waals surface area contributed by atoms with Crippen molar-refractivity contribution < 1.29 is 24.2 Å². The molecule has 2 N–H and O–H groups in total. The highest BCUT2D eigenvalue weighted by Gasteiger charge is 2.31. The van der Waals surface area contributed by atoms with Gasteiger partial charge in [-0.2, -0.15) is 0 Å². The Bertz CT molecular complexity index is 817. The van der Waals surface area contributed by atoms with E-state index in [1.807, 2.05) is 35.2 Å². The van der Waals surface area contributed by atoms with Crippen molar-refractivity contribution in [2.75, 3.05) is 25.1 Å². The maximum Gasteiger partial charge on any atom is 0.407 e. The van der Waals surface area contributed by atoms with Crippen LogP contribution in [0.5, 0.6) is 0 Å². The molecule has 0 radical (unpaired) electrons. The van der Waals surface area contributed by atoms with Crippen LogP contribution < -0.4 is 10.2 Å². The van der Waals surface area contributed by atoms with E-state index in [0.717, 1.165) is 5.56 Å². The quantitative estimate of drug-likeness (QED) is 0.771. The van der Waals surface area contributed by atoms with Crippen molar-refractivity contribution in [1.29, 1.82) is 0 Å². The summed E-state index contributed by atoms with van der Waals surface area (Å²) >= 11 is 0. The van der Waals surface area contributed by atoms with Crippen LogP contribution in [0, 0.1) is 0 Å². The second-order valence-corrected chi connectivity index (χ2v) is 6.39. The summed E-state index contributed by atoms with van der Waals surface area (Å²) in [5.74, 6) is -0.593. The lowest BCUT2D eigenvalue weighted by Gasteiger charge is -2.38. The molecule has 1 amide bonds. The van der Waals surface area contributed by atoms with Gasteiger partial charge < -0.3 is 24.8 Å². The van der Waals surface area contributed by atoms with Crippen molar-refractivity contribution >= 4 is 17.9 Å². The smallest absolute Gasteiger partial charge is 0.407 e. The topological polar surface area (TPSA) is 114 Å². The third kappa shape index (κ3) is 4.95. The number of aromatic nitrogens is 2. The first-order chi connectivity index (χ1) is 13.6. The van der Waals surface area contributed by atoms with Gasteiger partial charge in [-0.15, -0.1) is 0 Å². The van der Waals surface area contributed by atoms with Gasteiger partial charge in [-0.3, -0.25) is 0 Å². The summed E-state index contributed by atoms with van der Waals surface area (Å²) < 4.78 is 10.8. The molecule has 1 aliphatic rings. The van der Waals surface area contributed by atoms with Gasteiger partial charge in [0, 0.05) is 26.3 Å². The predicted octanol–water partition coefficient (Wildman–Crippen LogP) is 1.69. The Balaban J connectivity index is 1.56. The zero-order valence-electron chi connectivity index (χ0n) is 15.4. The number of nitrogens with one attached hydrogen (secondary N) is 1. The lowest BCUT2D eigenvalue weighted by atomic mass is 10.0. The van der Waals surface area contributed by atoms with Gasteiger partial charge in [0.15, 0.2) is 5.69 Å². The number of anilines is 1. The number of aromatic carboxylic acids is 1. The Morgan fingerprint density at radius 2 is 2.07 bits per heavy atom. The fourth-order valence-corrected chi connectivity index (χ4v) is 3.08. The maximum atomic E-state index is 12.1. The van der Waals surface area contributed by atoms with Crippen molar-refractivity contribution in [2.45, 2.75) is 25.2 Å². The largest absolute Gasteiger partial charge is 0.477 e. The monoisotopic (exact) mass is 386 g/mol. The summed E-state index contributed by atoms with van der Waals surface area (Å²) in [6, 6.07) is 10.7. The Labute approximate surface area is 162 Å². The van der Waals surface area contributed by atoms with E-state index in [2.05, 4.69) is 15.3 Å². The maximum absolute atomic E-state index is 12.1. The molecule has 1 fully saturated rings. The lowest BCUT2D eigenvalue weighted by molar-refractivity contribution is 0.0544. The fourth-order valence-electron chi connectivity index (χ4n) is 3.08. The van der Waals surface area contributed by atoms with Gasteiger partial charge in [0.1, 0.15) is 18.8 Å². The first-order valence-corrected chi connectivity index (χ1v) is 8.87. The van der Waals surface area contributed by atoms with E-state index in [-0.39, 0.29) is 24.4 Å². The molecule has 3 rings (SSSR count). The molecule has 2 aromatic rings. The van der Waals surface area contributed by atoms with Gasteiger partial charge >= 0.3 is 12.1 Å². The molecule has 0 unspecified atom stereocenters. The molecule has 1 aromatic carbocycles. The van der Waals surface area contributed by atoms with Crippen molar-refractivity contribution in [3.05, 3.63) is 54.0 Å². The van der Waals surface area contributed by atoms with Gasteiger partial charge in [-0.05, 0) is 12.0 Å². The van der Waals surface area contributed by atoms with Gasteiger partial charge in [0.2, 0.25) is 0 Å². The third-order valence-corrected chi connectivity index (χ3v) is 4.57. The number of ether oxygens (including phenoxy) is 2. The number of hydrogen-bond donors (Lipinski definition) is 2. The Morgan fingerprint density at radius 3 is 2.79 bits per heavy atom. The summed E-state index contributed by atoms with van der Waals surface area (Å²) in [5.41, 5.74) is 0.845. The molecular weight excluding hydrogens is 364 g/mol. The van der Waals surface area contributed by atoms with E-state index in [4.69, 9.17) is 14.6 Å². The molecule has 1 aromatic heterocycles.